The van der Waals surface area contributed by atoms with Crippen molar-refractivity contribution in [2.75, 3.05) is 11.9 Å². The molecular weight excluding hydrogens is 287 g/mol. The Morgan fingerprint density at radius 2 is 2.11 bits per heavy atom. The average Bonchev–Trinajstić information content (AvgIpc) is 2.39. The highest BCUT2D eigenvalue weighted by Gasteiger charge is 2.07. The number of benzene rings is 1. The summed E-state index contributed by atoms with van der Waals surface area (Å²) in [7, 11) is 0. The number of pyridine rings is 1. The highest BCUT2D eigenvalue weighted by atomic mass is 35.5. The highest BCUT2D eigenvalue weighted by Crippen LogP contribution is 2.18. The van der Waals surface area contributed by atoms with Crippen LogP contribution in [0.4, 0.5) is 5.69 Å². The molecule has 1 N–H and O–H groups in total. The molecule has 0 spiro atoms. The van der Waals surface area contributed by atoms with Crippen molar-refractivity contribution < 1.29 is 9.53 Å². The predicted octanol–water partition coefficient (Wildman–Crippen LogP) is 3.41. The van der Waals surface area contributed by atoms with Crippen molar-refractivity contribution in [1.29, 1.82) is 0 Å². The molecule has 1 aromatic heterocycles. The molecular formula is C13H10Cl2N2O2. The molecule has 2 rings (SSSR count). The lowest BCUT2D eigenvalue weighted by Crippen LogP contribution is -2.20. The molecule has 4 nitrogen and oxygen atoms in total. The molecule has 0 bridgehead atoms. The van der Waals surface area contributed by atoms with Gasteiger partial charge in [-0.25, -0.2) is 4.98 Å². The van der Waals surface area contributed by atoms with Gasteiger partial charge >= 0.3 is 0 Å². The topological polar surface area (TPSA) is 51.2 Å². The second-order valence-electron chi connectivity index (χ2n) is 3.64. The quantitative estimate of drug-likeness (QED) is 0.880. The van der Waals surface area contributed by atoms with E-state index in [4.69, 9.17) is 27.9 Å². The van der Waals surface area contributed by atoms with E-state index in [1.165, 1.54) is 0 Å². The van der Waals surface area contributed by atoms with E-state index >= 15 is 0 Å². The number of aromatic nitrogens is 1. The van der Waals surface area contributed by atoms with Crippen LogP contribution < -0.4 is 10.1 Å². The monoisotopic (exact) mass is 296 g/mol. The zero-order valence-electron chi connectivity index (χ0n) is 9.77. The van der Waals surface area contributed by atoms with Crippen molar-refractivity contribution in [1.82, 2.24) is 4.98 Å². The van der Waals surface area contributed by atoms with Crippen molar-refractivity contribution in [3.8, 4) is 5.75 Å². The third kappa shape index (κ3) is 4.12. The molecule has 0 saturated carbocycles. The van der Waals surface area contributed by atoms with Gasteiger partial charge in [-0.2, -0.15) is 0 Å². The zero-order valence-corrected chi connectivity index (χ0v) is 11.3. The van der Waals surface area contributed by atoms with E-state index in [1.54, 1.807) is 42.6 Å². The van der Waals surface area contributed by atoms with E-state index < -0.39 is 0 Å². The molecule has 0 atom stereocenters. The summed E-state index contributed by atoms with van der Waals surface area (Å²) in [6.45, 7) is -0.133. The maximum absolute atomic E-state index is 11.7. The lowest BCUT2D eigenvalue weighted by atomic mass is 10.3. The minimum Gasteiger partial charge on any atom is -0.484 e. The Balaban J connectivity index is 1.90. The number of nitrogens with one attached hydrogen (secondary N) is 1. The average molecular weight is 297 g/mol. The largest absolute Gasteiger partial charge is 0.484 e. The van der Waals surface area contributed by atoms with Gasteiger partial charge in [-0.1, -0.05) is 29.3 Å². The van der Waals surface area contributed by atoms with Crippen LogP contribution >= 0.6 is 23.2 Å². The number of amides is 1. The van der Waals surface area contributed by atoms with E-state index in [1.807, 2.05) is 0 Å². The van der Waals surface area contributed by atoms with E-state index in [0.717, 1.165) is 0 Å². The van der Waals surface area contributed by atoms with E-state index in [-0.39, 0.29) is 17.7 Å². The molecule has 0 aliphatic carbocycles. The Hall–Kier alpha value is -1.78. The number of carbonyl (C=O) groups excluding carboxylic acids is 1. The van der Waals surface area contributed by atoms with Crippen molar-refractivity contribution in [3.05, 3.63) is 52.8 Å². The number of hydrogen-bond acceptors (Lipinski definition) is 3. The Morgan fingerprint density at radius 3 is 2.84 bits per heavy atom. The fourth-order valence-corrected chi connectivity index (χ4v) is 1.72. The normalized spacial score (nSPS) is 10.0. The summed E-state index contributed by atoms with van der Waals surface area (Å²) < 4.78 is 5.30. The summed E-state index contributed by atoms with van der Waals surface area (Å²) in [5, 5.41) is 3.39. The van der Waals surface area contributed by atoms with Gasteiger partial charge in [0.15, 0.2) is 11.8 Å². The molecule has 0 aliphatic heterocycles. The number of nitrogens with zero attached hydrogens (tertiary/aromatic N) is 1. The van der Waals surface area contributed by atoms with Crippen LogP contribution in [0.3, 0.4) is 0 Å². The minimum absolute atomic E-state index is 0.133. The SMILES string of the molecule is O=C(COc1cccc(Cl)c1)Nc1cccnc1Cl. The number of anilines is 1. The van der Waals surface area contributed by atoms with Gasteiger partial charge in [0.1, 0.15) is 5.75 Å². The lowest BCUT2D eigenvalue weighted by Gasteiger charge is -2.08. The van der Waals surface area contributed by atoms with Crippen molar-refractivity contribution in [2.24, 2.45) is 0 Å². The molecule has 1 heterocycles. The van der Waals surface area contributed by atoms with Crippen LogP contribution in [-0.4, -0.2) is 17.5 Å². The van der Waals surface area contributed by atoms with Gasteiger partial charge in [-0.3, -0.25) is 4.79 Å². The van der Waals surface area contributed by atoms with Gasteiger partial charge in [0.2, 0.25) is 0 Å². The van der Waals surface area contributed by atoms with Crippen LogP contribution in [-0.2, 0) is 4.79 Å². The Morgan fingerprint density at radius 1 is 1.26 bits per heavy atom. The first-order valence-corrected chi connectivity index (χ1v) is 6.19. The number of halogens is 2. The smallest absolute Gasteiger partial charge is 0.262 e. The number of carbonyl (C=O) groups is 1. The third-order valence-corrected chi connectivity index (χ3v) is 2.74. The van der Waals surface area contributed by atoms with Gasteiger partial charge in [0.05, 0.1) is 5.69 Å². The van der Waals surface area contributed by atoms with E-state index in [0.29, 0.717) is 16.5 Å². The Kier molecular flexibility index (Phi) is 4.60. The molecule has 0 unspecified atom stereocenters. The zero-order chi connectivity index (χ0) is 13.7. The highest BCUT2D eigenvalue weighted by molar-refractivity contribution is 6.32. The maximum atomic E-state index is 11.7. The van der Waals surface area contributed by atoms with Gasteiger partial charge < -0.3 is 10.1 Å². The summed E-state index contributed by atoms with van der Waals surface area (Å²) in [6, 6.07) is 10.2. The second-order valence-corrected chi connectivity index (χ2v) is 4.43. The number of rotatable bonds is 4. The van der Waals surface area contributed by atoms with Crippen LogP contribution in [0.15, 0.2) is 42.6 Å². The van der Waals surface area contributed by atoms with E-state index in [9.17, 15) is 4.79 Å². The van der Waals surface area contributed by atoms with Gasteiger partial charge in [-0.05, 0) is 30.3 Å². The molecule has 6 heteroatoms. The van der Waals surface area contributed by atoms with Crippen LogP contribution in [0.1, 0.15) is 0 Å². The molecule has 1 aromatic carbocycles. The summed E-state index contributed by atoms with van der Waals surface area (Å²) in [6.07, 6.45) is 1.54. The van der Waals surface area contributed by atoms with Gasteiger partial charge in [-0.15, -0.1) is 0 Å². The number of hydrogen-bond donors (Lipinski definition) is 1. The van der Waals surface area contributed by atoms with Crippen molar-refractivity contribution >= 4 is 34.8 Å². The molecule has 0 radical (unpaired) electrons. The van der Waals surface area contributed by atoms with Crippen LogP contribution in [0.5, 0.6) is 5.75 Å². The van der Waals surface area contributed by atoms with Crippen molar-refractivity contribution in [2.45, 2.75) is 0 Å². The molecule has 98 valence electrons. The van der Waals surface area contributed by atoms with Crippen LogP contribution in [0, 0.1) is 0 Å². The third-order valence-electron chi connectivity index (χ3n) is 2.20. The Labute approximate surface area is 120 Å². The molecule has 0 saturated heterocycles. The van der Waals surface area contributed by atoms with Gasteiger partial charge in [0, 0.05) is 11.2 Å². The van der Waals surface area contributed by atoms with Crippen molar-refractivity contribution in [3.63, 3.8) is 0 Å². The summed E-state index contributed by atoms with van der Waals surface area (Å²) in [5.74, 6) is 0.204. The lowest BCUT2D eigenvalue weighted by molar-refractivity contribution is -0.118. The van der Waals surface area contributed by atoms with E-state index in [2.05, 4.69) is 10.3 Å². The first-order chi connectivity index (χ1) is 9.15. The standard InChI is InChI=1S/C13H10Cl2N2O2/c14-9-3-1-4-10(7-9)19-8-12(18)17-11-5-2-6-16-13(11)15/h1-7H,8H2,(H,17,18). The first kappa shape index (κ1) is 13.6. The van der Waals surface area contributed by atoms with Crippen LogP contribution in [0.2, 0.25) is 10.2 Å². The first-order valence-electron chi connectivity index (χ1n) is 5.44. The fraction of sp³-hybridized carbons (Fsp3) is 0.0769. The number of ether oxygens (including phenoxy) is 1. The molecule has 19 heavy (non-hydrogen) atoms. The maximum Gasteiger partial charge on any atom is 0.262 e. The Bertz CT molecular complexity index is 590. The minimum atomic E-state index is -0.324. The fourth-order valence-electron chi connectivity index (χ4n) is 1.37. The predicted molar refractivity (Wildman–Crippen MR) is 74.8 cm³/mol. The summed E-state index contributed by atoms with van der Waals surface area (Å²) in [4.78, 5) is 15.5. The van der Waals surface area contributed by atoms with Crippen LogP contribution in [0.25, 0.3) is 0 Å². The molecule has 2 aromatic rings. The molecule has 0 aliphatic rings. The summed E-state index contributed by atoms with van der Waals surface area (Å²) >= 11 is 11.6. The molecule has 1 amide bonds. The summed E-state index contributed by atoms with van der Waals surface area (Å²) in [5.41, 5.74) is 0.448. The molecule has 0 fully saturated rings. The second kappa shape index (κ2) is 6.41. The van der Waals surface area contributed by atoms with Gasteiger partial charge in [0.25, 0.3) is 5.91 Å².